The molecule has 0 bridgehead atoms. The monoisotopic (exact) mass is 427 g/mol. The molecule has 1 aliphatic heterocycles. The summed E-state index contributed by atoms with van der Waals surface area (Å²) < 4.78 is 8.36. The van der Waals surface area contributed by atoms with Gasteiger partial charge in [0.25, 0.3) is 11.5 Å². The van der Waals surface area contributed by atoms with E-state index < -0.39 is 0 Å². The maximum Gasteiger partial charge on any atom is 0.267 e. The molecule has 0 unspecified atom stereocenters. The number of rotatable bonds is 6. The van der Waals surface area contributed by atoms with Crippen LogP contribution < -0.4 is 10.3 Å². The average molecular weight is 428 g/mol. The molecule has 0 aliphatic carbocycles. The lowest BCUT2D eigenvalue weighted by Crippen LogP contribution is -2.48. The number of pyridine rings is 1. The number of amides is 1. The number of benzene rings is 1. The number of fused-ring (bicyclic) bond motifs is 3. The summed E-state index contributed by atoms with van der Waals surface area (Å²) in [5.41, 5.74) is 0.850. The van der Waals surface area contributed by atoms with Crippen LogP contribution in [0.2, 0.25) is 0 Å². The normalized spacial score (nSPS) is 15.2. The van der Waals surface area contributed by atoms with Gasteiger partial charge in [0.2, 0.25) is 0 Å². The second-order valence-electron chi connectivity index (χ2n) is 7.72. The third-order valence-electron chi connectivity index (χ3n) is 6.00. The summed E-state index contributed by atoms with van der Waals surface area (Å²) in [5, 5.41) is 1.54. The number of unbranched alkanes of at least 4 members (excludes halogenated alkanes) is 1. The van der Waals surface area contributed by atoms with Gasteiger partial charge in [-0.3, -0.25) is 9.59 Å². The molecule has 1 amide bonds. The molecule has 3 aromatic rings. The second-order valence-corrected chi connectivity index (χ2v) is 8.74. The predicted molar refractivity (Wildman–Crippen MR) is 123 cm³/mol. The number of hydrogen-bond acceptors (Lipinski definition) is 5. The van der Waals surface area contributed by atoms with Crippen LogP contribution in [0.5, 0.6) is 5.75 Å². The lowest BCUT2D eigenvalue weighted by atomic mass is 10.1. The Balaban J connectivity index is 1.87. The number of likely N-dealkylation sites (N-methyl/N-ethyl adjacent to an activating group) is 1. The fourth-order valence-electron chi connectivity index (χ4n) is 4.23. The maximum atomic E-state index is 13.5. The van der Waals surface area contributed by atoms with Gasteiger partial charge >= 0.3 is 0 Å². The molecule has 1 fully saturated rings. The van der Waals surface area contributed by atoms with E-state index in [1.165, 1.54) is 11.3 Å². The molecule has 6 nitrogen and oxygen atoms in total. The molecule has 0 radical (unpaired) electrons. The molecule has 0 saturated carbocycles. The SMILES string of the molecule is CCCCn1c(=O)c2c(OC)c(C(=O)N3CCN(CC)CC3)sc2c2ccccc21. The molecular formula is C23H29N3O3S. The summed E-state index contributed by atoms with van der Waals surface area (Å²) in [6, 6.07) is 7.96. The summed E-state index contributed by atoms with van der Waals surface area (Å²) >= 11 is 1.39. The van der Waals surface area contributed by atoms with E-state index in [0.29, 0.717) is 35.6 Å². The van der Waals surface area contributed by atoms with Crippen molar-refractivity contribution < 1.29 is 9.53 Å². The van der Waals surface area contributed by atoms with Crippen LogP contribution in [0.15, 0.2) is 29.1 Å². The molecule has 0 spiro atoms. The molecule has 2 aromatic heterocycles. The summed E-state index contributed by atoms with van der Waals surface area (Å²) in [6.07, 6.45) is 1.93. The van der Waals surface area contributed by atoms with Crippen molar-refractivity contribution in [2.45, 2.75) is 33.2 Å². The number of carbonyl (C=O) groups is 1. The number of nitrogens with zero attached hydrogens (tertiary/aromatic N) is 3. The van der Waals surface area contributed by atoms with Crippen molar-refractivity contribution >= 4 is 38.2 Å². The van der Waals surface area contributed by atoms with Crippen LogP contribution in [0.1, 0.15) is 36.4 Å². The van der Waals surface area contributed by atoms with Crippen molar-refractivity contribution in [1.29, 1.82) is 0 Å². The van der Waals surface area contributed by atoms with E-state index in [2.05, 4.69) is 18.7 Å². The van der Waals surface area contributed by atoms with Crippen LogP contribution in [0.25, 0.3) is 21.0 Å². The number of piperazine rings is 1. The summed E-state index contributed by atoms with van der Waals surface area (Å²) in [6.45, 7) is 9.07. The Bertz CT molecular complexity index is 1130. The zero-order valence-electron chi connectivity index (χ0n) is 17.9. The molecule has 4 rings (SSSR count). The number of ether oxygens (including phenoxy) is 1. The molecule has 0 atom stereocenters. The zero-order chi connectivity index (χ0) is 21.3. The van der Waals surface area contributed by atoms with Crippen LogP contribution >= 0.6 is 11.3 Å². The average Bonchev–Trinajstić information content (AvgIpc) is 3.19. The third kappa shape index (κ3) is 3.50. The van der Waals surface area contributed by atoms with Crippen molar-refractivity contribution in [2.75, 3.05) is 39.8 Å². The molecule has 1 aliphatic rings. The number of methoxy groups -OCH3 is 1. The minimum Gasteiger partial charge on any atom is -0.494 e. The second kappa shape index (κ2) is 8.78. The molecule has 1 saturated heterocycles. The summed E-state index contributed by atoms with van der Waals surface area (Å²) in [4.78, 5) is 31.6. The maximum absolute atomic E-state index is 13.5. The van der Waals surface area contributed by atoms with E-state index in [-0.39, 0.29) is 11.5 Å². The highest BCUT2D eigenvalue weighted by atomic mass is 32.1. The van der Waals surface area contributed by atoms with Crippen molar-refractivity contribution in [3.63, 3.8) is 0 Å². The van der Waals surface area contributed by atoms with E-state index in [0.717, 1.165) is 48.1 Å². The van der Waals surface area contributed by atoms with Crippen molar-refractivity contribution in [1.82, 2.24) is 14.4 Å². The van der Waals surface area contributed by atoms with Gasteiger partial charge in [0.05, 0.1) is 17.3 Å². The molecule has 7 heteroatoms. The van der Waals surface area contributed by atoms with E-state index in [1.807, 2.05) is 33.7 Å². The number of aromatic nitrogens is 1. The standard InChI is InChI=1S/C23H29N3O3S/c1-4-6-11-26-17-10-8-7-9-16(17)20-18(22(26)27)19(29-3)21(30-20)23(28)25-14-12-24(5-2)13-15-25/h7-10H,4-6,11-15H2,1-3H3. The minimum absolute atomic E-state index is 0.0348. The van der Waals surface area contributed by atoms with E-state index in [1.54, 1.807) is 7.11 Å². The van der Waals surface area contributed by atoms with Gasteiger partial charge in [0, 0.05) is 38.1 Å². The highest BCUT2D eigenvalue weighted by Crippen LogP contribution is 2.40. The smallest absolute Gasteiger partial charge is 0.267 e. The topological polar surface area (TPSA) is 54.8 Å². The van der Waals surface area contributed by atoms with Crippen LogP contribution in [0, 0.1) is 0 Å². The first-order valence-corrected chi connectivity index (χ1v) is 11.6. The minimum atomic E-state index is -0.0693. The Hall–Kier alpha value is -2.38. The first-order valence-electron chi connectivity index (χ1n) is 10.7. The van der Waals surface area contributed by atoms with Gasteiger partial charge in [-0.05, 0) is 19.0 Å². The van der Waals surface area contributed by atoms with Crippen LogP contribution in [-0.2, 0) is 6.54 Å². The molecule has 160 valence electrons. The van der Waals surface area contributed by atoms with Gasteiger partial charge in [0.1, 0.15) is 10.3 Å². The molecule has 0 N–H and O–H groups in total. The van der Waals surface area contributed by atoms with E-state index in [9.17, 15) is 9.59 Å². The van der Waals surface area contributed by atoms with Crippen molar-refractivity contribution in [3.05, 3.63) is 39.5 Å². The van der Waals surface area contributed by atoms with E-state index >= 15 is 0 Å². The van der Waals surface area contributed by atoms with Gasteiger partial charge in [-0.1, -0.05) is 38.5 Å². The summed E-state index contributed by atoms with van der Waals surface area (Å²) in [7, 11) is 1.55. The lowest BCUT2D eigenvalue weighted by Gasteiger charge is -2.33. The largest absolute Gasteiger partial charge is 0.494 e. The van der Waals surface area contributed by atoms with Crippen LogP contribution in [-0.4, -0.2) is 60.1 Å². The number of thiophene rings is 1. The Morgan fingerprint density at radius 3 is 2.53 bits per heavy atom. The van der Waals surface area contributed by atoms with Gasteiger partial charge < -0.3 is 19.1 Å². The number of aryl methyl sites for hydroxylation is 1. The first-order chi connectivity index (χ1) is 14.6. The molecular weight excluding hydrogens is 398 g/mol. The lowest BCUT2D eigenvalue weighted by molar-refractivity contribution is 0.0645. The first kappa shape index (κ1) is 20.9. The van der Waals surface area contributed by atoms with E-state index in [4.69, 9.17) is 4.74 Å². The number of hydrogen-bond donors (Lipinski definition) is 0. The van der Waals surface area contributed by atoms with Gasteiger partial charge in [0.15, 0.2) is 5.75 Å². The Labute approximate surface area is 180 Å². The molecule has 30 heavy (non-hydrogen) atoms. The Morgan fingerprint density at radius 1 is 1.13 bits per heavy atom. The summed E-state index contributed by atoms with van der Waals surface area (Å²) in [5.74, 6) is 0.395. The number of carbonyl (C=O) groups excluding carboxylic acids is 1. The van der Waals surface area contributed by atoms with Gasteiger partial charge in [-0.15, -0.1) is 11.3 Å². The van der Waals surface area contributed by atoms with Crippen molar-refractivity contribution in [2.24, 2.45) is 0 Å². The fourth-order valence-corrected chi connectivity index (χ4v) is 5.49. The zero-order valence-corrected chi connectivity index (χ0v) is 18.8. The highest BCUT2D eigenvalue weighted by Gasteiger charge is 2.29. The van der Waals surface area contributed by atoms with Crippen molar-refractivity contribution in [3.8, 4) is 5.75 Å². The molecule has 1 aromatic carbocycles. The fraction of sp³-hybridized carbons (Fsp3) is 0.478. The van der Waals surface area contributed by atoms with Gasteiger partial charge in [-0.25, -0.2) is 0 Å². The number of para-hydroxylation sites is 1. The van der Waals surface area contributed by atoms with Gasteiger partial charge in [-0.2, -0.15) is 0 Å². The highest BCUT2D eigenvalue weighted by molar-refractivity contribution is 7.22. The predicted octanol–water partition coefficient (Wildman–Crippen LogP) is 3.80. The van der Waals surface area contributed by atoms with Crippen LogP contribution in [0.3, 0.4) is 0 Å². The van der Waals surface area contributed by atoms with Crippen LogP contribution in [0.4, 0.5) is 0 Å². The third-order valence-corrected chi connectivity index (χ3v) is 7.20. The molecule has 3 heterocycles. The Morgan fingerprint density at radius 2 is 1.87 bits per heavy atom. The Kier molecular flexibility index (Phi) is 6.11. The quantitative estimate of drug-likeness (QED) is 0.600.